The Morgan fingerprint density at radius 3 is 2.44 bits per heavy atom. The summed E-state index contributed by atoms with van der Waals surface area (Å²) in [5, 5.41) is 4.94. The van der Waals surface area contributed by atoms with Gasteiger partial charge in [-0.1, -0.05) is 12.1 Å². The molecule has 0 radical (unpaired) electrons. The minimum absolute atomic E-state index is 0.122. The molecule has 0 atom stereocenters. The monoisotopic (exact) mass is 270 g/mol. The molecule has 0 aliphatic carbocycles. The number of primary sulfonamides is 1. The van der Waals surface area contributed by atoms with Crippen molar-refractivity contribution in [2.45, 2.75) is 5.75 Å². The molecule has 0 amide bonds. The van der Waals surface area contributed by atoms with E-state index in [0.717, 1.165) is 0 Å². The lowest BCUT2D eigenvalue weighted by Crippen LogP contribution is -2.26. The van der Waals surface area contributed by atoms with E-state index in [4.69, 9.17) is 22.3 Å². The summed E-state index contributed by atoms with van der Waals surface area (Å²) in [6, 6.07) is 6.39. The lowest BCUT2D eigenvalue weighted by Gasteiger charge is -2.01. The molecular formula is C9H14N6O2S. The fourth-order valence-corrected chi connectivity index (χ4v) is 1.88. The number of hydrogen-bond donors (Lipinski definition) is 4. The quantitative estimate of drug-likeness (QED) is 0.395. The summed E-state index contributed by atoms with van der Waals surface area (Å²) < 4.78 is 21.9. The highest BCUT2D eigenvalue weighted by Crippen LogP contribution is 2.15. The van der Waals surface area contributed by atoms with E-state index < -0.39 is 10.0 Å². The van der Waals surface area contributed by atoms with Crippen LogP contribution in [0.2, 0.25) is 0 Å². The molecule has 0 aromatic heterocycles. The van der Waals surface area contributed by atoms with Gasteiger partial charge in [-0.25, -0.2) is 18.5 Å². The molecule has 0 heterocycles. The maximum Gasteiger partial charge on any atom is 0.223 e. The summed E-state index contributed by atoms with van der Waals surface area (Å²) in [6.07, 6.45) is 0. The second kappa shape index (κ2) is 5.47. The minimum Gasteiger partial charge on any atom is -0.370 e. The average molecular weight is 270 g/mol. The molecule has 1 aromatic rings. The summed E-state index contributed by atoms with van der Waals surface area (Å²) in [7, 11) is -3.59. The fourth-order valence-electron chi connectivity index (χ4n) is 1.24. The van der Waals surface area contributed by atoms with Crippen LogP contribution in [-0.4, -0.2) is 20.3 Å². The van der Waals surface area contributed by atoms with Gasteiger partial charge in [-0.15, -0.1) is 0 Å². The smallest absolute Gasteiger partial charge is 0.223 e. The number of nitrogens with zero attached hydrogens (tertiary/aromatic N) is 2. The zero-order chi connectivity index (χ0) is 13.8. The zero-order valence-corrected chi connectivity index (χ0v) is 10.3. The molecular weight excluding hydrogens is 256 g/mol. The fraction of sp³-hybridized carbons (Fsp3) is 0.111. The molecule has 0 unspecified atom stereocenters. The molecule has 98 valence electrons. The Hall–Kier alpha value is -2.13. The number of benzene rings is 1. The van der Waals surface area contributed by atoms with Gasteiger partial charge in [-0.05, 0) is 17.7 Å². The average Bonchev–Trinajstić information content (AvgIpc) is 2.13. The van der Waals surface area contributed by atoms with Gasteiger partial charge in [0.2, 0.25) is 16.0 Å². The number of hydrogen-bond acceptors (Lipinski definition) is 3. The topological polar surface area (TPSA) is 163 Å². The first-order valence-corrected chi connectivity index (χ1v) is 6.51. The number of aliphatic imine (C=N–C) groups is 2. The molecule has 18 heavy (non-hydrogen) atoms. The van der Waals surface area contributed by atoms with Crippen molar-refractivity contribution in [1.82, 2.24) is 0 Å². The van der Waals surface area contributed by atoms with Crippen LogP contribution >= 0.6 is 0 Å². The molecule has 0 saturated heterocycles. The van der Waals surface area contributed by atoms with Crippen molar-refractivity contribution in [3.05, 3.63) is 29.8 Å². The molecule has 1 aromatic carbocycles. The van der Waals surface area contributed by atoms with E-state index in [-0.39, 0.29) is 17.7 Å². The second-order valence-electron chi connectivity index (χ2n) is 3.48. The maximum atomic E-state index is 10.9. The second-order valence-corrected chi connectivity index (χ2v) is 5.10. The summed E-state index contributed by atoms with van der Waals surface area (Å²) in [5.74, 6) is -0.613. The minimum atomic E-state index is -3.59. The van der Waals surface area contributed by atoms with E-state index in [0.29, 0.717) is 11.3 Å². The standard InChI is InChI=1S/C9H14N6O2S/c10-8(11)15-9(12)14-7-3-1-2-6(4-7)5-18(13,16)17/h1-4H,5H2,(H2,13,16,17)(H6,10,11,12,14,15). The van der Waals surface area contributed by atoms with Crippen LogP contribution in [0.3, 0.4) is 0 Å². The zero-order valence-electron chi connectivity index (χ0n) is 9.45. The first-order valence-electron chi connectivity index (χ1n) is 4.79. The molecule has 0 saturated carbocycles. The molecule has 0 aliphatic rings. The summed E-state index contributed by atoms with van der Waals surface area (Å²) in [6.45, 7) is 0. The van der Waals surface area contributed by atoms with Gasteiger partial charge in [0, 0.05) is 0 Å². The van der Waals surface area contributed by atoms with Crippen molar-refractivity contribution in [3.8, 4) is 0 Å². The molecule has 1 rings (SSSR count). The number of rotatable bonds is 3. The van der Waals surface area contributed by atoms with E-state index in [9.17, 15) is 8.42 Å². The van der Waals surface area contributed by atoms with Crippen molar-refractivity contribution in [2.24, 2.45) is 32.3 Å². The van der Waals surface area contributed by atoms with Crippen LogP contribution in [-0.2, 0) is 15.8 Å². The van der Waals surface area contributed by atoms with E-state index in [1.807, 2.05) is 0 Å². The predicted octanol–water partition coefficient (Wildman–Crippen LogP) is -1.31. The highest BCUT2D eigenvalue weighted by molar-refractivity contribution is 7.88. The Morgan fingerprint density at radius 1 is 1.22 bits per heavy atom. The van der Waals surface area contributed by atoms with Crippen molar-refractivity contribution < 1.29 is 8.42 Å². The molecule has 0 fully saturated rings. The van der Waals surface area contributed by atoms with Gasteiger partial charge in [0.1, 0.15) is 0 Å². The van der Waals surface area contributed by atoms with E-state index >= 15 is 0 Å². The van der Waals surface area contributed by atoms with Crippen molar-refractivity contribution in [2.75, 3.05) is 0 Å². The van der Waals surface area contributed by atoms with Crippen molar-refractivity contribution in [3.63, 3.8) is 0 Å². The molecule has 0 bridgehead atoms. The highest BCUT2D eigenvalue weighted by Gasteiger charge is 2.05. The molecule has 9 heteroatoms. The van der Waals surface area contributed by atoms with Gasteiger partial charge < -0.3 is 17.2 Å². The Kier molecular flexibility index (Phi) is 4.23. The molecule has 8 N–H and O–H groups in total. The largest absolute Gasteiger partial charge is 0.370 e. The third-order valence-corrected chi connectivity index (χ3v) is 2.50. The van der Waals surface area contributed by atoms with Gasteiger partial charge in [0.25, 0.3) is 0 Å². The number of guanidine groups is 2. The Bertz CT molecular complexity index is 589. The van der Waals surface area contributed by atoms with Crippen LogP contribution in [0.4, 0.5) is 5.69 Å². The summed E-state index contributed by atoms with van der Waals surface area (Å²) in [5.41, 5.74) is 16.6. The van der Waals surface area contributed by atoms with Crippen LogP contribution in [0, 0.1) is 0 Å². The number of sulfonamides is 1. The van der Waals surface area contributed by atoms with Crippen molar-refractivity contribution in [1.29, 1.82) is 0 Å². The first-order chi connectivity index (χ1) is 8.26. The first kappa shape index (κ1) is 13.9. The van der Waals surface area contributed by atoms with E-state index in [1.165, 1.54) is 6.07 Å². The van der Waals surface area contributed by atoms with Crippen LogP contribution in [0.25, 0.3) is 0 Å². The van der Waals surface area contributed by atoms with Gasteiger partial charge >= 0.3 is 0 Å². The van der Waals surface area contributed by atoms with E-state index in [1.54, 1.807) is 18.2 Å². The third-order valence-electron chi connectivity index (χ3n) is 1.77. The SMILES string of the molecule is NC(N)=NC(N)=Nc1cccc(CS(N)(=O)=O)c1. The van der Waals surface area contributed by atoms with E-state index in [2.05, 4.69) is 9.98 Å². The molecule has 0 aliphatic heterocycles. The van der Waals surface area contributed by atoms with Gasteiger partial charge in [0.05, 0.1) is 11.4 Å². The highest BCUT2D eigenvalue weighted by atomic mass is 32.2. The Balaban J connectivity index is 2.99. The molecule has 8 nitrogen and oxygen atoms in total. The van der Waals surface area contributed by atoms with Gasteiger partial charge in [0.15, 0.2) is 5.96 Å². The summed E-state index contributed by atoms with van der Waals surface area (Å²) in [4.78, 5) is 7.44. The predicted molar refractivity (Wildman–Crippen MR) is 70.3 cm³/mol. The van der Waals surface area contributed by atoms with Crippen LogP contribution < -0.4 is 22.3 Å². The number of nitrogens with two attached hydrogens (primary N) is 4. The van der Waals surface area contributed by atoms with Crippen molar-refractivity contribution >= 4 is 27.6 Å². The maximum absolute atomic E-state index is 10.9. The van der Waals surface area contributed by atoms with Gasteiger partial charge in [-0.3, -0.25) is 0 Å². The Labute approximate surface area is 104 Å². The Morgan fingerprint density at radius 2 is 1.89 bits per heavy atom. The third kappa shape index (κ3) is 5.27. The van der Waals surface area contributed by atoms with Gasteiger partial charge in [-0.2, -0.15) is 4.99 Å². The van der Waals surface area contributed by atoms with Crippen LogP contribution in [0.15, 0.2) is 34.3 Å². The van der Waals surface area contributed by atoms with Crippen LogP contribution in [0.1, 0.15) is 5.56 Å². The molecule has 0 spiro atoms. The lowest BCUT2D eigenvalue weighted by molar-refractivity contribution is 0.597. The normalized spacial score (nSPS) is 12.2. The lowest BCUT2D eigenvalue weighted by atomic mass is 10.2. The van der Waals surface area contributed by atoms with Crippen LogP contribution in [0.5, 0.6) is 0 Å². The summed E-state index contributed by atoms with van der Waals surface area (Å²) >= 11 is 0.